The van der Waals surface area contributed by atoms with Crippen molar-refractivity contribution in [2.45, 2.75) is 63.4 Å². The molecular formula is C29H32F2N6. The Morgan fingerprint density at radius 2 is 1.41 bits per heavy atom. The lowest BCUT2D eigenvalue weighted by atomic mass is 10.0. The normalized spacial score (nSPS) is 32.4. The maximum absolute atomic E-state index is 14.7. The SMILES string of the molecule is CC1N[C@H](c2nc(-c3ccc(-c4ccc(C5=C(F)NC([C@@H]6C[C@H]7C[C@H]7N6)N5)cc4)cc3)c(F)[nH]2)C[C@H]1C. The van der Waals surface area contributed by atoms with E-state index in [9.17, 15) is 8.78 Å². The average molecular weight is 503 g/mol. The number of piperidine rings is 1. The zero-order chi connectivity index (χ0) is 25.3. The maximum Gasteiger partial charge on any atom is 0.219 e. The molecule has 3 fully saturated rings. The van der Waals surface area contributed by atoms with Crippen LogP contribution in [0.15, 0.2) is 54.5 Å². The molecule has 0 radical (unpaired) electrons. The van der Waals surface area contributed by atoms with Crippen LogP contribution in [-0.4, -0.2) is 34.3 Å². The summed E-state index contributed by atoms with van der Waals surface area (Å²) < 4.78 is 29.5. The summed E-state index contributed by atoms with van der Waals surface area (Å²) in [5.74, 6) is 1.23. The van der Waals surface area contributed by atoms with E-state index in [2.05, 4.69) is 45.1 Å². The number of nitrogens with one attached hydrogen (secondary N) is 5. The zero-order valence-corrected chi connectivity index (χ0v) is 21.0. The highest BCUT2D eigenvalue weighted by Crippen LogP contribution is 2.42. The van der Waals surface area contributed by atoms with Gasteiger partial charge in [-0.25, -0.2) is 4.98 Å². The molecule has 4 heterocycles. The van der Waals surface area contributed by atoms with E-state index in [1.54, 1.807) is 0 Å². The summed E-state index contributed by atoms with van der Waals surface area (Å²) in [4.78, 5) is 7.43. The smallest absolute Gasteiger partial charge is 0.219 e. The van der Waals surface area contributed by atoms with E-state index < -0.39 is 5.95 Å². The molecule has 1 aromatic heterocycles. The fourth-order valence-electron chi connectivity index (χ4n) is 6.18. The largest absolute Gasteiger partial charge is 0.360 e. The molecule has 5 N–H and O–H groups in total. The lowest BCUT2D eigenvalue weighted by Gasteiger charge is -2.22. The maximum atomic E-state index is 14.7. The number of fused-ring (bicyclic) bond motifs is 1. The molecule has 7 rings (SSSR count). The molecule has 6 nitrogen and oxygen atoms in total. The second kappa shape index (κ2) is 8.67. The minimum atomic E-state index is -0.405. The molecule has 7 atom stereocenters. The first-order chi connectivity index (χ1) is 17.9. The molecule has 0 bridgehead atoms. The van der Waals surface area contributed by atoms with Crippen molar-refractivity contribution in [3.63, 3.8) is 0 Å². The van der Waals surface area contributed by atoms with E-state index in [0.29, 0.717) is 35.2 Å². The molecule has 2 saturated heterocycles. The molecule has 2 unspecified atom stereocenters. The van der Waals surface area contributed by atoms with Crippen molar-refractivity contribution in [1.29, 1.82) is 0 Å². The summed E-state index contributed by atoms with van der Waals surface area (Å²) in [6, 6.07) is 16.9. The van der Waals surface area contributed by atoms with Crippen molar-refractivity contribution in [3.05, 3.63) is 71.8 Å². The van der Waals surface area contributed by atoms with Crippen LogP contribution in [-0.2, 0) is 0 Å². The molecule has 1 aliphatic carbocycles. The van der Waals surface area contributed by atoms with Crippen LogP contribution in [0.2, 0.25) is 0 Å². The van der Waals surface area contributed by atoms with Crippen LogP contribution in [0.3, 0.4) is 0 Å². The van der Waals surface area contributed by atoms with Gasteiger partial charge in [-0.2, -0.15) is 8.78 Å². The highest BCUT2D eigenvalue weighted by molar-refractivity contribution is 5.73. The van der Waals surface area contributed by atoms with E-state index >= 15 is 0 Å². The quantitative estimate of drug-likeness (QED) is 0.324. The van der Waals surface area contributed by atoms with Crippen molar-refractivity contribution in [2.75, 3.05) is 0 Å². The Bertz CT molecular complexity index is 1330. The topological polar surface area (TPSA) is 76.8 Å². The van der Waals surface area contributed by atoms with Gasteiger partial charge in [-0.05, 0) is 49.1 Å². The van der Waals surface area contributed by atoms with Gasteiger partial charge in [-0.3, -0.25) is 0 Å². The Morgan fingerprint density at radius 1 is 0.757 bits per heavy atom. The number of imidazole rings is 1. The fraction of sp³-hybridized carbons (Fsp3) is 0.414. The lowest BCUT2D eigenvalue weighted by Crippen LogP contribution is -2.49. The minimum Gasteiger partial charge on any atom is -0.360 e. The lowest BCUT2D eigenvalue weighted by molar-refractivity contribution is 0.375. The standard InChI is InChI=1S/C29H32F2N6/c1-14-11-22(32-15(14)2)28-34-24(26(30)36-28)18-7-3-16(4-8-18)17-5-9-19(10-6-17)25-27(31)37-29(35-25)23-13-20-12-21(20)33-23/h3-10,14-15,20-23,29,32-33,35,37H,11-13H2,1-2H3,(H,34,36)/t14-,15?,20-,21-,22+,23+,29?/m1/s1. The van der Waals surface area contributed by atoms with Gasteiger partial charge in [0.2, 0.25) is 11.9 Å². The molecule has 4 aliphatic rings. The third-order valence-corrected chi connectivity index (χ3v) is 8.71. The van der Waals surface area contributed by atoms with Crippen molar-refractivity contribution in [2.24, 2.45) is 11.8 Å². The highest BCUT2D eigenvalue weighted by atomic mass is 19.1. The van der Waals surface area contributed by atoms with E-state index in [1.807, 2.05) is 48.5 Å². The van der Waals surface area contributed by atoms with Crippen LogP contribution in [0, 0.1) is 17.8 Å². The summed E-state index contributed by atoms with van der Waals surface area (Å²) in [5, 5.41) is 13.4. The van der Waals surface area contributed by atoms with Gasteiger partial charge in [0.05, 0.1) is 11.7 Å². The monoisotopic (exact) mass is 502 g/mol. The third kappa shape index (κ3) is 4.12. The Labute approximate surface area is 215 Å². The van der Waals surface area contributed by atoms with Gasteiger partial charge in [-0.1, -0.05) is 55.5 Å². The van der Waals surface area contributed by atoms with Crippen molar-refractivity contribution in [3.8, 4) is 22.4 Å². The average Bonchev–Trinajstić information content (AvgIpc) is 3.28. The number of hydrogen-bond donors (Lipinski definition) is 5. The molecule has 3 aromatic rings. The summed E-state index contributed by atoms with van der Waals surface area (Å²) in [6.45, 7) is 4.35. The number of rotatable bonds is 5. The van der Waals surface area contributed by atoms with Gasteiger partial charge in [0.25, 0.3) is 0 Å². The molecule has 0 spiro atoms. The van der Waals surface area contributed by atoms with Crippen LogP contribution >= 0.6 is 0 Å². The Morgan fingerprint density at radius 3 is 2.03 bits per heavy atom. The van der Waals surface area contributed by atoms with Gasteiger partial charge in [-0.15, -0.1) is 0 Å². The van der Waals surface area contributed by atoms with Gasteiger partial charge in [0, 0.05) is 29.3 Å². The van der Waals surface area contributed by atoms with Crippen LogP contribution < -0.4 is 21.3 Å². The van der Waals surface area contributed by atoms with Crippen molar-refractivity contribution < 1.29 is 8.78 Å². The predicted octanol–water partition coefficient (Wildman–Crippen LogP) is 4.81. The van der Waals surface area contributed by atoms with E-state index in [0.717, 1.165) is 41.0 Å². The van der Waals surface area contributed by atoms with E-state index in [1.165, 1.54) is 6.42 Å². The molecule has 8 heteroatoms. The van der Waals surface area contributed by atoms with Crippen LogP contribution in [0.4, 0.5) is 8.78 Å². The minimum absolute atomic E-state index is 0.0471. The van der Waals surface area contributed by atoms with Crippen LogP contribution in [0.5, 0.6) is 0 Å². The number of nitrogens with zero attached hydrogens (tertiary/aromatic N) is 1. The number of aromatic amines is 1. The second-order valence-corrected chi connectivity index (χ2v) is 11.2. The Hall–Kier alpha value is -3.23. The number of benzene rings is 2. The molecule has 2 aromatic carbocycles. The van der Waals surface area contributed by atoms with Crippen molar-refractivity contribution in [1.82, 2.24) is 31.2 Å². The highest BCUT2D eigenvalue weighted by Gasteiger charge is 2.49. The van der Waals surface area contributed by atoms with Crippen molar-refractivity contribution >= 4 is 5.70 Å². The van der Waals surface area contributed by atoms with Gasteiger partial charge < -0.3 is 26.3 Å². The molecule has 37 heavy (non-hydrogen) atoms. The zero-order valence-electron chi connectivity index (χ0n) is 21.0. The number of halogens is 2. The van der Waals surface area contributed by atoms with Gasteiger partial charge in [0.15, 0.2) is 0 Å². The summed E-state index contributed by atoms with van der Waals surface area (Å²) in [6.07, 6.45) is 3.16. The summed E-state index contributed by atoms with van der Waals surface area (Å²) in [5.41, 5.74) is 4.42. The second-order valence-electron chi connectivity index (χ2n) is 11.2. The predicted molar refractivity (Wildman–Crippen MR) is 140 cm³/mol. The summed E-state index contributed by atoms with van der Waals surface area (Å²) >= 11 is 0. The number of hydrogen-bond acceptors (Lipinski definition) is 5. The fourth-order valence-corrected chi connectivity index (χ4v) is 6.18. The number of H-pyrrole nitrogens is 1. The van der Waals surface area contributed by atoms with Gasteiger partial charge >= 0.3 is 0 Å². The Kier molecular flexibility index (Phi) is 5.37. The first kappa shape index (κ1) is 22.9. The van der Waals surface area contributed by atoms with Crippen LogP contribution in [0.1, 0.15) is 50.5 Å². The molecular weight excluding hydrogens is 470 g/mol. The first-order valence-corrected chi connectivity index (χ1v) is 13.3. The Balaban J connectivity index is 1.04. The molecule has 0 amide bonds. The van der Waals surface area contributed by atoms with E-state index in [4.69, 9.17) is 0 Å². The summed E-state index contributed by atoms with van der Waals surface area (Å²) in [7, 11) is 0. The molecule has 192 valence electrons. The number of aromatic nitrogens is 2. The van der Waals surface area contributed by atoms with Gasteiger partial charge in [0.1, 0.15) is 17.7 Å². The third-order valence-electron chi connectivity index (χ3n) is 8.71. The molecule has 1 saturated carbocycles. The first-order valence-electron chi connectivity index (χ1n) is 13.3. The molecule has 3 aliphatic heterocycles. The van der Waals surface area contributed by atoms with E-state index in [-0.39, 0.29) is 24.2 Å². The van der Waals surface area contributed by atoms with Crippen LogP contribution in [0.25, 0.3) is 28.1 Å².